The van der Waals surface area contributed by atoms with Crippen molar-refractivity contribution in [2.45, 2.75) is 6.10 Å². The number of primary amides is 1. The molecule has 1 atom stereocenters. The Morgan fingerprint density at radius 1 is 1.59 bits per heavy atom. The lowest BCUT2D eigenvalue weighted by molar-refractivity contribution is 0.0997. The van der Waals surface area contributed by atoms with Crippen LogP contribution in [0, 0.1) is 0 Å². The lowest BCUT2D eigenvalue weighted by Gasteiger charge is -2.12. The average Bonchev–Trinajstić information content (AvgIpc) is 2.29. The van der Waals surface area contributed by atoms with E-state index in [4.69, 9.17) is 5.73 Å². The Morgan fingerprint density at radius 2 is 2.29 bits per heavy atom. The molecule has 0 aliphatic rings. The van der Waals surface area contributed by atoms with Crippen LogP contribution in [0.5, 0.6) is 5.75 Å². The molecule has 0 saturated carbocycles. The Labute approximate surface area is 99.6 Å². The van der Waals surface area contributed by atoms with Gasteiger partial charge in [0.1, 0.15) is 5.75 Å². The summed E-state index contributed by atoms with van der Waals surface area (Å²) in [6.45, 7) is 4.45. The van der Waals surface area contributed by atoms with Crippen molar-refractivity contribution in [3.05, 3.63) is 42.0 Å². The number of aliphatic hydroxyl groups excluding tert-OH is 1. The van der Waals surface area contributed by atoms with E-state index in [2.05, 4.69) is 11.9 Å². The Morgan fingerprint density at radius 3 is 2.88 bits per heavy atom. The summed E-state index contributed by atoms with van der Waals surface area (Å²) in [5, 5.41) is 22.2. The number of nitrogens with two attached hydrogens (primary N) is 1. The Kier molecular flexibility index (Phi) is 4.68. The highest BCUT2D eigenvalue weighted by molar-refractivity contribution is 5.95. The molecule has 17 heavy (non-hydrogen) atoms. The summed E-state index contributed by atoms with van der Waals surface area (Å²) < 4.78 is 0. The maximum absolute atomic E-state index is 11.0. The number of hydrogen-bond acceptors (Lipinski definition) is 4. The van der Waals surface area contributed by atoms with Crippen molar-refractivity contribution < 1.29 is 15.0 Å². The molecule has 1 aromatic rings. The largest absolute Gasteiger partial charge is 0.507 e. The van der Waals surface area contributed by atoms with Crippen LogP contribution < -0.4 is 11.1 Å². The van der Waals surface area contributed by atoms with Crippen LogP contribution in [-0.2, 0) is 0 Å². The maximum Gasteiger partial charge on any atom is 0.252 e. The van der Waals surface area contributed by atoms with Crippen molar-refractivity contribution in [3.8, 4) is 5.75 Å². The second-order valence-electron chi connectivity index (χ2n) is 3.60. The number of hydrogen-bond donors (Lipinski definition) is 4. The maximum atomic E-state index is 11.0. The molecule has 0 saturated heterocycles. The summed E-state index contributed by atoms with van der Waals surface area (Å²) in [6, 6.07) is 4.27. The second-order valence-corrected chi connectivity index (χ2v) is 3.60. The van der Waals surface area contributed by atoms with Gasteiger partial charge < -0.3 is 21.3 Å². The molecule has 1 unspecified atom stereocenters. The number of benzene rings is 1. The number of phenols is 1. The van der Waals surface area contributed by atoms with Gasteiger partial charge in [0.15, 0.2) is 0 Å². The molecule has 92 valence electrons. The summed E-state index contributed by atoms with van der Waals surface area (Å²) in [5.41, 5.74) is 5.62. The first-order valence-electron chi connectivity index (χ1n) is 5.18. The van der Waals surface area contributed by atoms with Crippen LogP contribution in [0.2, 0.25) is 0 Å². The minimum Gasteiger partial charge on any atom is -0.507 e. The topological polar surface area (TPSA) is 95.6 Å². The fourth-order valence-electron chi connectivity index (χ4n) is 1.40. The zero-order valence-corrected chi connectivity index (χ0v) is 9.39. The summed E-state index contributed by atoms with van der Waals surface area (Å²) >= 11 is 0. The van der Waals surface area contributed by atoms with E-state index < -0.39 is 12.0 Å². The second kappa shape index (κ2) is 6.03. The zero-order valence-electron chi connectivity index (χ0n) is 9.39. The molecule has 1 rings (SSSR count). The third-order valence-electron chi connectivity index (χ3n) is 2.30. The van der Waals surface area contributed by atoms with E-state index in [1.165, 1.54) is 12.1 Å². The van der Waals surface area contributed by atoms with Gasteiger partial charge in [-0.3, -0.25) is 4.79 Å². The number of nitrogens with one attached hydrogen (secondary N) is 1. The van der Waals surface area contributed by atoms with Gasteiger partial charge >= 0.3 is 0 Å². The van der Waals surface area contributed by atoms with Crippen molar-refractivity contribution in [1.82, 2.24) is 5.32 Å². The molecule has 5 nitrogen and oxygen atoms in total. The average molecular weight is 236 g/mol. The van der Waals surface area contributed by atoms with Gasteiger partial charge in [-0.05, 0) is 17.7 Å². The standard InChI is InChI=1S/C12H16N2O3/c1-2-5-14-7-11(16)8-3-4-10(15)9(6-8)12(13)17/h2-4,6,11,14-16H,1,5,7H2,(H2,13,17). The molecular weight excluding hydrogens is 220 g/mol. The Hall–Kier alpha value is -1.85. The molecule has 0 aliphatic carbocycles. The fourth-order valence-corrected chi connectivity index (χ4v) is 1.40. The SMILES string of the molecule is C=CCNCC(O)c1ccc(O)c(C(N)=O)c1. The highest BCUT2D eigenvalue weighted by atomic mass is 16.3. The van der Waals surface area contributed by atoms with Gasteiger partial charge in [0, 0.05) is 13.1 Å². The number of carbonyl (C=O) groups is 1. The number of aliphatic hydroxyl groups is 1. The molecule has 5 heteroatoms. The van der Waals surface area contributed by atoms with E-state index in [0.29, 0.717) is 18.7 Å². The fraction of sp³-hybridized carbons (Fsp3) is 0.250. The van der Waals surface area contributed by atoms with Crippen LogP contribution in [0.25, 0.3) is 0 Å². The van der Waals surface area contributed by atoms with E-state index >= 15 is 0 Å². The van der Waals surface area contributed by atoms with Crippen LogP contribution in [0.4, 0.5) is 0 Å². The van der Waals surface area contributed by atoms with E-state index in [9.17, 15) is 15.0 Å². The number of aromatic hydroxyl groups is 1. The highest BCUT2D eigenvalue weighted by Gasteiger charge is 2.12. The van der Waals surface area contributed by atoms with Gasteiger partial charge in [-0.1, -0.05) is 12.1 Å². The van der Waals surface area contributed by atoms with Crippen LogP contribution >= 0.6 is 0 Å². The van der Waals surface area contributed by atoms with Crippen LogP contribution in [-0.4, -0.2) is 29.2 Å². The summed E-state index contributed by atoms with van der Waals surface area (Å²) in [5.74, 6) is -0.914. The molecular formula is C12H16N2O3. The number of rotatable bonds is 6. The predicted octanol–water partition coefficient (Wildman–Crippen LogP) is 0.300. The molecule has 1 aromatic carbocycles. The third-order valence-corrected chi connectivity index (χ3v) is 2.30. The lowest BCUT2D eigenvalue weighted by atomic mass is 10.0. The summed E-state index contributed by atoms with van der Waals surface area (Å²) in [6.07, 6.45) is 0.909. The van der Waals surface area contributed by atoms with E-state index in [1.807, 2.05) is 0 Å². The zero-order chi connectivity index (χ0) is 12.8. The smallest absolute Gasteiger partial charge is 0.252 e. The number of carbonyl (C=O) groups excluding carboxylic acids is 1. The van der Waals surface area contributed by atoms with Crippen molar-refractivity contribution in [3.63, 3.8) is 0 Å². The molecule has 0 fully saturated rings. The van der Waals surface area contributed by atoms with Gasteiger partial charge in [0.25, 0.3) is 5.91 Å². The third kappa shape index (κ3) is 3.58. The monoisotopic (exact) mass is 236 g/mol. The summed E-state index contributed by atoms with van der Waals surface area (Å²) in [4.78, 5) is 11.0. The molecule has 0 bridgehead atoms. The van der Waals surface area contributed by atoms with Crippen molar-refractivity contribution in [2.24, 2.45) is 5.73 Å². The molecule has 5 N–H and O–H groups in total. The molecule has 1 amide bonds. The van der Waals surface area contributed by atoms with Gasteiger partial charge in [-0.2, -0.15) is 0 Å². The first kappa shape index (κ1) is 13.2. The lowest BCUT2D eigenvalue weighted by Crippen LogP contribution is -2.21. The predicted molar refractivity (Wildman–Crippen MR) is 64.7 cm³/mol. The highest BCUT2D eigenvalue weighted by Crippen LogP contribution is 2.21. The molecule has 0 heterocycles. The molecule has 0 aliphatic heterocycles. The van der Waals surface area contributed by atoms with Crippen molar-refractivity contribution in [1.29, 1.82) is 0 Å². The van der Waals surface area contributed by atoms with Crippen molar-refractivity contribution >= 4 is 5.91 Å². The van der Waals surface area contributed by atoms with Gasteiger partial charge in [0.05, 0.1) is 11.7 Å². The first-order valence-corrected chi connectivity index (χ1v) is 5.18. The van der Waals surface area contributed by atoms with Crippen LogP contribution in [0.1, 0.15) is 22.0 Å². The molecule has 0 spiro atoms. The molecule has 0 aromatic heterocycles. The Balaban J connectivity index is 2.80. The quantitative estimate of drug-likeness (QED) is 0.422. The normalized spacial score (nSPS) is 12.1. The van der Waals surface area contributed by atoms with Gasteiger partial charge in [0.2, 0.25) is 0 Å². The van der Waals surface area contributed by atoms with E-state index in [1.54, 1.807) is 12.1 Å². The van der Waals surface area contributed by atoms with Crippen LogP contribution in [0.15, 0.2) is 30.9 Å². The van der Waals surface area contributed by atoms with E-state index in [-0.39, 0.29) is 11.3 Å². The van der Waals surface area contributed by atoms with Gasteiger partial charge in [-0.15, -0.1) is 6.58 Å². The first-order chi connectivity index (χ1) is 8.06. The Bertz CT molecular complexity index is 418. The molecule has 0 radical (unpaired) electrons. The van der Waals surface area contributed by atoms with E-state index in [0.717, 1.165) is 0 Å². The van der Waals surface area contributed by atoms with Crippen molar-refractivity contribution in [2.75, 3.05) is 13.1 Å². The van der Waals surface area contributed by atoms with Crippen LogP contribution in [0.3, 0.4) is 0 Å². The van der Waals surface area contributed by atoms with Gasteiger partial charge in [-0.25, -0.2) is 0 Å². The minimum atomic E-state index is -0.770. The number of amides is 1. The summed E-state index contributed by atoms with van der Waals surface area (Å²) in [7, 11) is 0. The minimum absolute atomic E-state index is 0.00488.